The molecule has 1 saturated heterocycles. The summed E-state index contributed by atoms with van der Waals surface area (Å²) in [5.74, 6) is -1.41. The molecule has 3 rings (SSSR count). The zero-order valence-corrected chi connectivity index (χ0v) is 21.6. The summed E-state index contributed by atoms with van der Waals surface area (Å²) in [5.41, 5.74) is -1.41. The molecule has 1 aliphatic heterocycles. The van der Waals surface area contributed by atoms with Crippen LogP contribution in [-0.2, 0) is 24.4 Å². The number of hydrogen-bond acceptors (Lipinski definition) is 6. The van der Waals surface area contributed by atoms with Crippen molar-refractivity contribution < 1.29 is 27.9 Å². The molecule has 2 aliphatic carbocycles. The Labute approximate surface area is 208 Å². The van der Waals surface area contributed by atoms with Crippen molar-refractivity contribution in [2.24, 2.45) is 17.8 Å². The molecule has 196 valence electrons. The molecule has 0 aromatic rings. The number of aliphatic hydroxyl groups is 1. The fourth-order valence-electron chi connectivity index (χ4n) is 5.06. The first kappa shape index (κ1) is 27.4. The summed E-state index contributed by atoms with van der Waals surface area (Å²) in [6.07, 6.45) is 6.93. The van der Waals surface area contributed by atoms with Gasteiger partial charge in [-0.05, 0) is 50.4 Å². The third kappa shape index (κ3) is 6.52. The first-order chi connectivity index (χ1) is 16.4. The molecule has 0 bridgehead atoms. The summed E-state index contributed by atoms with van der Waals surface area (Å²) in [4.78, 5) is 40.6. The number of sulfonamides is 1. The van der Waals surface area contributed by atoms with Gasteiger partial charge in [-0.2, -0.15) is 0 Å². The molecule has 10 heteroatoms. The first-order valence-corrected chi connectivity index (χ1v) is 14.1. The SMILES string of the molecule is C=CCCC(C)CC(C)CC(=O)N1CC(O)CC1C(=O)NC1(C(=O)NS(=O)(=O)C2CC2)CC1C=C. The van der Waals surface area contributed by atoms with Gasteiger partial charge in [0.05, 0.1) is 11.4 Å². The fraction of sp³-hybridized carbons (Fsp3) is 0.720. The number of allylic oxidation sites excluding steroid dienone is 1. The second-order valence-corrected chi connectivity index (χ2v) is 12.6. The number of hydrogen-bond donors (Lipinski definition) is 3. The normalized spacial score (nSPS) is 29.7. The second kappa shape index (κ2) is 10.8. The highest BCUT2D eigenvalue weighted by atomic mass is 32.2. The predicted octanol–water partition coefficient (Wildman–Crippen LogP) is 1.64. The molecule has 35 heavy (non-hydrogen) atoms. The first-order valence-electron chi connectivity index (χ1n) is 12.5. The van der Waals surface area contributed by atoms with Gasteiger partial charge in [-0.25, -0.2) is 8.42 Å². The largest absolute Gasteiger partial charge is 0.391 e. The molecular formula is C25H39N3O6S. The van der Waals surface area contributed by atoms with Crippen LogP contribution >= 0.6 is 0 Å². The summed E-state index contributed by atoms with van der Waals surface area (Å²) in [7, 11) is -3.77. The predicted molar refractivity (Wildman–Crippen MR) is 132 cm³/mol. The highest BCUT2D eigenvalue weighted by Gasteiger charge is 2.61. The lowest BCUT2D eigenvalue weighted by Gasteiger charge is -2.28. The molecule has 3 amide bonds. The van der Waals surface area contributed by atoms with Crippen LogP contribution in [0.4, 0.5) is 0 Å². The Morgan fingerprint density at radius 1 is 1.20 bits per heavy atom. The van der Waals surface area contributed by atoms with Crippen LogP contribution < -0.4 is 10.0 Å². The maximum absolute atomic E-state index is 13.2. The Kier molecular flexibility index (Phi) is 8.47. The number of nitrogens with zero attached hydrogens (tertiary/aromatic N) is 1. The van der Waals surface area contributed by atoms with Crippen molar-refractivity contribution in [2.75, 3.05) is 6.54 Å². The summed E-state index contributed by atoms with van der Waals surface area (Å²) in [5, 5.41) is 12.4. The Balaban J connectivity index is 1.64. The molecule has 0 spiro atoms. The monoisotopic (exact) mass is 509 g/mol. The Morgan fingerprint density at radius 3 is 2.46 bits per heavy atom. The van der Waals surface area contributed by atoms with Crippen LogP contribution in [0.2, 0.25) is 0 Å². The summed E-state index contributed by atoms with van der Waals surface area (Å²) < 4.78 is 26.7. The van der Waals surface area contributed by atoms with Crippen molar-refractivity contribution in [3.63, 3.8) is 0 Å². The minimum absolute atomic E-state index is 0.0514. The van der Waals surface area contributed by atoms with Gasteiger partial charge in [-0.1, -0.05) is 26.0 Å². The van der Waals surface area contributed by atoms with Crippen LogP contribution in [-0.4, -0.2) is 65.6 Å². The molecule has 3 fully saturated rings. The van der Waals surface area contributed by atoms with E-state index in [9.17, 15) is 27.9 Å². The Hall–Kier alpha value is -2.20. The van der Waals surface area contributed by atoms with Crippen molar-refractivity contribution in [2.45, 2.75) is 88.1 Å². The number of amides is 3. The lowest BCUT2D eigenvalue weighted by Crippen LogP contribution is -2.56. The van der Waals surface area contributed by atoms with Crippen molar-refractivity contribution >= 4 is 27.7 Å². The zero-order chi connectivity index (χ0) is 26.0. The van der Waals surface area contributed by atoms with Gasteiger partial charge < -0.3 is 15.3 Å². The van der Waals surface area contributed by atoms with Gasteiger partial charge in [0.1, 0.15) is 11.6 Å². The molecule has 0 aromatic heterocycles. The number of carbonyl (C=O) groups is 3. The summed E-state index contributed by atoms with van der Waals surface area (Å²) in [6.45, 7) is 11.6. The quantitative estimate of drug-likeness (QED) is 0.323. The molecule has 3 aliphatic rings. The number of β-amino-alcohol motifs (C(OH)–C–C–N with tert-alkyl or cyclic N) is 1. The molecule has 0 radical (unpaired) electrons. The van der Waals surface area contributed by atoms with E-state index in [2.05, 4.69) is 30.1 Å². The lowest BCUT2D eigenvalue weighted by molar-refractivity contribution is -0.140. The smallest absolute Gasteiger partial charge is 0.259 e. The van der Waals surface area contributed by atoms with Gasteiger partial charge in [-0.3, -0.25) is 19.1 Å². The summed E-state index contributed by atoms with van der Waals surface area (Å²) in [6, 6.07) is -0.918. The van der Waals surface area contributed by atoms with E-state index in [1.165, 1.54) is 11.0 Å². The summed E-state index contributed by atoms with van der Waals surface area (Å²) >= 11 is 0. The van der Waals surface area contributed by atoms with Crippen LogP contribution in [0.25, 0.3) is 0 Å². The van der Waals surface area contributed by atoms with E-state index in [1.807, 2.05) is 13.0 Å². The highest BCUT2D eigenvalue weighted by Crippen LogP contribution is 2.45. The number of carbonyl (C=O) groups excluding carboxylic acids is 3. The molecule has 6 atom stereocenters. The maximum atomic E-state index is 13.2. The van der Waals surface area contributed by atoms with Crippen molar-refractivity contribution in [1.29, 1.82) is 0 Å². The van der Waals surface area contributed by atoms with E-state index >= 15 is 0 Å². The highest BCUT2D eigenvalue weighted by molar-refractivity contribution is 7.91. The van der Waals surface area contributed by atoms with E-state index in [0.29, 0.717) is 18.8 Å². The van der Waals surface area contributed by atoms with E-state index in [1.54, 1.807) is 0 Å². The second-order valence-electron chi connectivity index (χ2n) is 10.7. The van der Waals surface area contributed by atoms with Gasteiger partial charge in [-0.15, -0.1) is 13.2 Å². The third-order valence-corrected chi connectivity index (χ3v) is 9.16. The zero-order valence-electron chi connectivity index (χ0n) is 20.7. The number of rotatable bonds is 13. The van der Waals surface area contributed by atoms with Crippen LogP contribution in [0, 0.1) is 17.8 Å². The maximum Gasteiger partial charge on any atom is 0.259 e. The van der Waals surface area contributed by atoms with Gasteiger partial charge in [0.2, 0.25) is 21.8 Å². The standard InChI is InChI=1S/C25H39N3O6S/c1-5-7-8-16(3)11-17(4)12-22(30)28-15-19(29)13-21(28)23(31)26-25(14-18(25)6-2)24(32)27-35(33,34)20-9-10-20/h5-6,16-21,29H,1-2,7-15H2,3-4H3,(H,26,31)(H,27,32). The van der Waals surface area contributed by atoms with Crippen LogP contribution in [0.1, 0.15) is 65.2 Å². The van der Waals surface area contributed by atoms with Gasteiger partial charge in [0, 0.05) is 25.3 Å². The minimum atomic E-state index is -3.77. The topological polar surface area (TPSA) is 133 Å². The van der Waals surface area contributed by atoms with Gasteiger partial charge >= 0.3 is 0 Å². The average molecular weight is 510 g/mol. The molecule has 1 heterocycles. The minimum Gasteiger partial charge on any atom is -0.391 e. The van der Waals surface area contributed by atoms with E-state index in [4.69, 9.17) is 0 Å². The van der Waals surface area contributed by atoms with Gasteiger partial charge in [0.25, 0.3) is 5.91 Å². The third-order valence-electron chi connectivity index (χ3n) is 7.34. The molecule has 9 nitrogen and oxygen atoms in total. The molecule has 3 N–H and O–H groups in total. The number of nitrogens with one attached hydrogen (secondary N) is 2. The molecule has 6 unspecified atom stereocenters. The molecule has 0 aromatic carbocycles. The fourth-order valence-corrected chi connectivity index (χ4v) is 6.43. The Bertz CT molecular complexity index is 962. The van der Waals surface area contributed by atoms with Crippen LogP contribution in [0.3, 0.4) is 0 Å². The number of aliphatic hydroxyl groups excluding tert-OH is 1. The van der Waals surface area contributed by atoms with Crippen molar-refractivity contribution in [3.8, 4) is 0 Å². The van der Waals surface area contributed by atoms with Crippen LogP contribution in [0.5, 0.6) is 0 Å². The molecule has 2 saturated carbocycles. The van der Waals surface area contributed by atoms with Crippen molar-refractivity contribution in [3.05, 3.63) is 25.3 Å². The van der Waals surface area contributed by atoms with E-state index < -0.39 is 50.7 Å². The van der Waals surface area contributed by atoms with Gasteiger partial charge in [0.15, 0.2) is 0 Å². The average Bonchev–Trinajstić information content (AvgIpc) is 3.69. The number of likely N-dealkylation sites (tertiary alicyclic amines) is 1. The van der Waals surface area contributed by atoms with Crippen molar-refractivity contribution in [1.82, 2.24) is 14.9 Å². The molecular weight excluding hydrogens is 470 g/mol. The van der Waals surface area contributed by atoms with E-state index in [-0.39, 0.29) is 37.6 Å². The lowest BCUT2D eigenvalue weighted by atomic mass is 9.91. The Morgan fingerprint density at radius 2 is 1.89 bits per heavy atom. The van der Waals surface area contributed by atoms with E-state index in [0.717, 1.165) is 19.3 Å². The van der Waals surface area contributed by atoms with Crippen LogP contribution in [0.15, 0.2) is 25.3 Å².